The molecule has 0 atom stereocenters. The summed E-state index contributed by atoms with van der Waals surface area (Å²) in [6, 6.07) is 0. The van der Waals surface area contributed by atoms with Crippen molar-refractivity contribution in [1.29, 1.82) is 0 Å². The lowest BCUT2D eigenvalue weighted by Gasteiger charge is -2.17. The van der Waals surface area contributed by atoms with Crippen molar-refractivity contribution in [3.05, 3.63) is 45.0 Å². The number of pyridine rings is 2. The molecular weight excluding hydrogens is 444 g/mol. The summed E-state index contributed by atoms with van der Waals surface area (Å²) in [4.78, 5) is 9.15. The molecule has 0 fully saturated rings. The van der Waals surface area contributed by atoms with Gasteiger partial charge in [0.2, 0.25) is 0 Å². The van der Waals surface area contributed by atoms with Gasteiger partial charge in [0.05, 0.1) is 32.2 Å². The highest BCUT2D eigenvalue weighted by Crippen LogP contribution is 2.33. The zero-order chi connectivity index (χ0) is 23.2. The average molecular weight is 481 g/mol. The van der Waals surface area contributed by atoms with Gasteiger partial charge in [0.25, 0.3) is 0 Å². The molecule has 0 spiro atoms. The van der Waals surface area contributed by atoms with E-state index in [0.717, 1.165) is 56.3 Å². The molecule has 0 aliphatic rings. The van der Waals surface area contributed by atoms with Gasteiger partial charge in [0.15, 0.2) is 0 Å². The van der Waals surface area contributed by atoms with Gasteiger partial charge in [-0.05, 0) is 39.5 Å². The Morgan fingerprint density at radius 1 is 0.767 bits per heavy atom. The lowest BCUT2D eigenvalue weighted by atomic mass is 10.00. The fraction of sp³-hybridized carbons (Fsp3) is 0.583. The van der Waals surface area contributed by atoms with Crippen molar-refractivity contribution in [1.82, 2.24) is 9.97 Å². The number of aromatic nitrogens is 2. The van der Waals surface area contributed by atoms with Gasteiger partial charge in [-0.25, -0.2) is 0 Å². The van der Waals surface area contributed by atoms with Crippen LogP contribution in [0.2, 0.25) is 0 Å². The van der Waals surface area contributed by atoms with Crippen LogP contribution in [0.5, 0.6) is 11.5 Å². The number of nitrogens with zero attached hydrogens (tertiary/aromatic N) is 2. The van der Waals surface area contributed by atoms with Crippen LogP contribution in [0.1, 0.15) is 84.6 Å². The molecule has 0 amide bonds. The van der Waals surface area contributed by atoms with Gasteiger partial charge >= 0.3 is 0 Å². The molecule has 0 unspecified atom stereocenters. The summed E-state index contributed by atoms with van der Waals surface area (Å²) in [7, 11) is 3.35. The number of halogens is 1. The molecule has 2 aromatic heterocycles. The lowest BCUT2D eigenvalue weighted by molar-refractivity contribution is 0.270. The maximum Gasteiger partial charge on any atom is 0.130 e. The smallest absolute Gasteiger partial charge is 0.130 e. The number of hydrogen-bond donors (Lipinski definition) is 1. The molecule has 30 heavy (non-hydrogen) atoms. The number of rotatable bonds is 6. The van der Waals surface area contributed by atoms with Crippen LogP contribution < -0.4 is 9.47 Å². The minimum absolute atomic E-state index is 0.0230. The van der Waals surface area contributed by atoms with Crippen molar-refractivity contribution in [2.45, 2.75) is 79.2 Å². The monoisotopic (exact) mass is 480 g/mol. The highest BCUT2D eigenvalue weighted by atomic mass is 79.9. The molecule has 2 aromatic rings. The number of aliphatic hydroxyl groups is 1. The summed E-state index contributed by atoms with van der Waals surface area (Å²) in [6.45, 7) is 16.4. The Kier molecular flexibility index (Phi) is 10.2. The van der Waals surface area contributed by atoms with Crippen molar-refractivity contribution in [3.63, 3.8) is 0 Å². The Bertz CT molecular complexity index is 793. The maximum absolute atomic E-state index is 9.37. The van der Waals surface area contributed by atoms with Gasteiger partial charge in [0, 0.05) is 39.0 Å². The number of methoxy groups -OCH3 is 2. The summed E-state index contributed by atoms with van der Waals surface area (Å²) in [5.74, 6) is 2.46. The van der Waals surface area contributed by atoms with Crippen LogP contribution in [-0.2, 0) is 11.9 Å². The van der Waals surface area contributed by atoms with E-state index in [-0.39, 0.29) is 6.61 Å². The van der Waals surface area contributed by atoms with Gasteiger partial charge < -0.3 is 14.6 Å². The zero-order valence-corrected chi connectivity index (χ0v) is 21.7. The molecule has 0 aliphatic carbocycles. The minimum atomic E-state index is -0.0230. The second-order valence-corrected chi connectivity index (χ2v) is 8.60. The molecule has 168 valence electrons. The molecule has 0 saturated carbocycles. The van der Waals surface area contributed by atoms with Crippen molar-refractivity contribution in [2.75, 3.05) is 14.2 Å². The Morgan fingerprint density at radius 3 is 1.43 bits per heavy atom. The van der Waals surface area contributed by atoms with E-state index in [1.807, 2.05) is 20.8 Å². The molecular formula is C24H37BrN2O3. The predicted molar refractivity (Wildman–Crippen MR) is 127 cm³/mol. The Balaban J connectivity index is 0.000000300. The molecule has 5 nitrogen and oxygen atoms in total. The molecule has 0 bridgehead atoms. The number of hydrogen-bond acceptors (Lipinski definition) is 5. The van der Waals surface area contributed by atoms with Crippen molar-refractivity contribution in [3.8, 4) is 11.5 Å². The van der Waals surface area contributed by atoms with Crippen molar-refractivity contribution >= 4 is 15.9 Å². The molecule has 6 heteroatoms. The number of ether oxygens (including phenoxy) is 2. The second-order valence-electron chi connectivity index (χ2n) is 8.04. The molecule has 0 aliphatic heterocycles. The summed E-state index contributed by atoms with van der Waals surface area (Å²) in [5.41, 5.74) is 8.21. The molecule has 0 saturated heterocycles. The summed E-state index contributed by atoms with van der Waals surface area (Å²) in [5, 5.41) is 10.2. The first-order chi connectivity index (χ1) is 14.0. The SMILES string of the molecule is COc1c(C)c(C)nc(C(C)C)c1CBr.COc1c(C)c(C)nc(C(C)C)c1CO. The quantitative estimate of drug-likeness (QED) is 0.509. The molecule has 1 N–H and O–H groups in total. The number of aryl methyl sites for hydroxylation is 2. The minimum Gasteiger partial charge on any atom is -0.496 e. The molecule has 0 radical (unpaired) electrons. The number of alkyl halides is 1. The Morgan fingerprint density at radius 2 is 1.13 bits per heavy atom. The highest BCUT2D eigenvalue weighted by Gasteiger charge is 2.18. The van der Waals surface area contributed by atoms with E-state index < -0.39 is 0 Å². The largest absolute Gasteiger partial charge is 0.496 e. The fourth-order valence-electron chi connectivity index (χ4n) is 3.47. The summed E-state index contributed by atoms with van der Waals surface area (Å²) < 4.78 is 10.8. The average Bonchev–Trinajstić information content (AvgIpc) is 2.71. The van der Waals surface area contributed by atoms with Gasteiger partial charge in [-0.15, -0.1) is 0 Å². The summed E-state index contributed by atoms with van der Waals surface area (Å²) in [6.07, 6.45) is 0. The highest BCUT2D eigenvalue weighted by molar-refractivity contribution is 9.08. The Labute approximate surface area is 190 Å². The first kappa shape index (κ1) is 26.4. The fourth-order valence-corrected chi connectivity index (χ4v) is 4.01. The zero-order valence-electron chi connectivity index (χ0n) is 20.1. The van der Waals surface area contributed by atoms with Gasteiger partial charge in [0.1, 0.15) is 11.5 Å². The topological polar surface area (TPSA) is 64.5 Å². The van der Waals surface area contributed by atoms with Gasteiger partial charge in [-0.2, -0.15) is 0 Å². The van der Waals surface area contributed by atoms with Crippen molar-refractivity contribution in [2.24, 2.45) is 0 Å². The first-order valence-electron chi connectivity index (χ1n) is 10.3. The van der Waals surface area contributed by atoms with Crippen LogP contribution in [0.4, 0.5) is 0 Å². The van der Waals surface area contributed by atoms with Gasteiger partial charge in [-0.3, -0.25) is 9.97 Å². The van der Waals surface area contributed by atoms with Crippen molar-refractivity contribution < 1.29 is 14.6 Å². The van der Waals surface area contributed by atoms with Crippen LogP contribution >= 0.6 is 15.9 Å². The standard InChI is InChI=1S/C12H18BrNO.C12H19NO2/c1-7(2)11-10(6-13)12(15-5)8(3)9(4)14-11;1-7(2)11-10(6-14)12(15-5)8(3)9(4)13-11/h7H,6H2,1-5H3;7,14H,6H2,1-5H3. The van der Waals surface area contributed by atoms with Gasteiger partial charge in [-0.1, -0.05) is 43.6 Å². The van der Waals surface area contributed by atoms with Crippen LogP contribution in [0.25, 0.3) is 0 Å². The third-order valence-electron chi connectivity index (χ3n) is 5.30. The van der Waals surface area contributed by atoms with E-state index in [2.05, 4.69) is 60.5 Å². The molecule has 0 aromatic carbocycles. The van der Waals surface area contributed by atoms with E-state index in [1.165, 1.54) is 5.56 Å². The van der Waals surface area contributed by atoms with E-state index in [9.17, 15) is 5.11 Å². The third-order valence-corrected chi connectivity index (χ3v) is 5.86. The van der Waals surface area contributed by atoms with E-state index >= 15 is 0 Å². The van der Waals surface area contributed by atoms with E-state index in [1.54, 1.807) is 14.2 Å². The van der Waals surface area contributed by atoms with E-state index in [4.69, 9.17) is 9.47 Å². The van der Waals surface area contributed by atoms with Crippen LogP contribution in [0, 0.1) is 27.7 Å². The molecule has 2 heterocycles. The Hall–Kier alpha value is -1.66. The van der Waals surface area contributed by atoms with Crippen LogP contribution in [0.3, 0.4) is 0 Å². The normalized spacial score (nSPS) is 10.9. The predicted octanol–water partition coefficient (Wildman–Crippen LogP) is 6.05. The first-order valence-corrected chi connectivity index (χ1v) is 11.4. The van der Waals surface area contributed by atoms with Crippen LogP contribution in [-0.4, -0.2) is 29.3 Å². The summed E-state index contributed by atoms with van der Waals surface area (Å²) >= 11 is 3.51. The van der Waals surface area contributed by atoms with E-state index in [0.29, 0.717) is 11.8 Å². The molecule has 2 rings (SSSR count). The third kappa shape index (κ3) is 5.73. The second kappa shape index (κ2) is 11.7. The lowest BCUT2D eigenvalue weighted by Crippen LogP contribution is -2.07. The maximum atomic E-state index is 9.37. The number of aliphatic hydroxyl groups excluding tert-OH is 1. The van der Waals surface area contributed by atoms with Crippen LogP contribution in [0.15, 0.2) is 0 Å².